The van der Waals surface area contributed by atoms with Crippen LogP contribution in [-0.2, 0) is 0 Å². The molecule has 0 aromatic carbocycles. The summed E-state index contributed by atoms with van der Waals surface area (Å²) < 4.78 is 0. The zero-order valence-electron chi connectivity index (χ0n) is 12.0. The van der Waals surface area contributed by atoms with Crippen molar-refractivity contribution in [3.8, 4) is 0 Å². The van der Waals surface area contributed by atoms with Gasteiger partial charge in [0, 0.05) is 25.2 Å². The second kappa shape index (κ2) is 8.06. The van der Waals surface area contributed by atoms with Gasteiger partial charge in [0.1, 0.15) is 0 Å². The summed E-state index contributed by atoms with van der Waals surface area (Å²) in [6.45, 7) is 12.7. The van der Waals surface area contributed by atoms with Gasteiger partial charge in [0.2, 0.25) is 0 Å². The van der Waals surface area contributed by atoms with Crippen LogP contribution in [0.15, 0.2) is 0 Å². The average molecular weight is 241 g/mol. The van der Waals surface area contributed by atoms with Gasteiger partial charge in [-0.25, -0.2) is 0 Å². The Bertz CT molecular complexity index is 196. The van der Waals surface area contributed by atoms with E-state index in [2.05, 4.69) is 30.6 Å². The molecular formula is C14H31N3. The molecule has 1 aliphatic rings. The van der Waals surface area contributed by atoms with Crippen LogP contribution in [0.1, 0.15) is 46.5 Å². The van der Waals surface area contributed by atoms with Crippen molar-refractivity contribution in [2.24, 2.45) is 5.73 Å². The van der Waals surface area contributed by atoms with Crippen molar-refractivity contribution in [1.82, 2.24) is 9.80 Å². The highest BCUT2D eigenvalue weighted by Gasteiger charge is 2.21. The molecule has 0 aromatic rings. The Morgan fingerprint density at radius 2 is 1.65 bits per heavy atom. The third-order valence-corrected chi connectivity index (χ3v) is 4.27. The summed E-state index contributed by atoms with van der Waals surface area (Å²) in [7, 11) is 0. The largest absolute Gasteiger partial charge is 0.330 e. The molecule has 102 valence electrons. The lowest BCUT2D eigenvalue weighted by Gasteiger charge is -2.30. The van der Waals surface area contributed by atoms with Crippen LogP contribution in [0, 0.1) is 0 Å². The van der Waals surface area contributed by atoms with Crippen LogP contribution in [-0.4, -0.2) is 54.6 Å². The van der Waals surface area contributed by atoms with Gasteiger partial charge >= 0.3 is 0 Å². The molecule has 1 rings (SSSR count). The van der Waals surface area contributed by atoms with E-state index in [-0.39, 0.29) is 0 Å². The summed E-state index contributed by atoms with van der Waals surface area (Å²) in [6.07, 6.45) is 4.96. The van der Waals surface area contributed by atoms with Crippen LogP contribution in [0.4, 0.5) is 0 Å². The molecule has 1 saturated heterocycles. The summed E-state index contributed by atoms with van der Waals surface area (Å²) in [5.41, 5.74) is 5.71. The SMILES string of the molecule is CCC(C)N1CCCN(C(CC)CCN)CC1. The molecule has 0 bridgehead atoms. The molecule has 1 aliphatic heterocycles. The van der Waals surface area contributed by atoms with Gasteiger partial charge in [0.05, 0.1) is 0 Å². The number of rotatable bonds is 6. The average Bonchev–Trinajstić information content (AvgIpc) is 2.60. The highest BCUT2D eigenvalue weighted by molar-refractivity contribution is 4.78. The molecule has 2 unspecified atom stereocenters. The fourth-order valence-corrected chi connectivity index (χ4v) is 2.86. The van der Waals surface area contributed by atoms with E-state index < -0.39 is 0 Å². The predicted molar refractivity (Wildman–Crippen MR) is 75.3 cm³/mol. The van der Waals surface area contributed by atoms with Crippen molar-refractivity contribution in [1.29, 1.82) is 0 Å². The van der Waals surface area contributed by atoms with E-state index in [1.807, 2.05) is 0 Å². The third kappa shape index (κ3) is 4.57. The highest BCUT2D eigenvalue weighted by Crippen LogP contribution is 2.14. The normalized spacial score (nSPS) is 23.3. The monoisotopic (exact) mass is 241 g/mol. The van der Waals surface area contributed by atoms with Gasteiger partial charge in [-0.3, -0.25) is 9.80 Å². The van der Waals surface area contributed by atoms with Gasteiger partial charge in [0.25, 0.3) is 0 Å². The number of hydrogen-bond acceptors (Lipinski definition) is 3. The Labute approximate surface area is 107 Å². The summed E-state index contributed by atoms with van der Waals surface area (Å²) in [4.78, 5) is 5.31. The van der Waals surface area contributed by atoms with Crippen LogP contribution in [0.3, 0.4) is 0 Å². The Hall–Kier alpha value is -0.120. The van der Waals surface area contributed by atoms with E-state index in [1.54, 1.807) is 0 Å². The molecule has 1 heterocycles. The molecule has 1 fully saturated rings. The van der Waals surface area contributed by atoms with Gasteiger partial charge in [-0.1, -0.05) is 13.8 Å². The lowest BCUT2D eigenvalue weighted by molar-refractivity contribution is 0.172. The molecule has 0 aromatic heterocycles. The van der Waals surface area contributed by atoms with Crippen molar-refractivity contribution in [3.63, 3.8) is 0 Å². The fraction of sp³-hybridized carbons (Fsp3) is 1.00. The minimum absolute atomic E-state index is 0.705. The van der Waals surface area contributed by atoms with E-state index in [4.69, 9.17) is 5.73 Å². The minimum Gasteiger partial charge on any atom is -0.330 e. The first-order valence-corrected chi connectivity index (χ1v) is 7.41. The van der Waals surface area contributed by atoms with Crippen LogP contribution in [0.2, 0.25) is 0 Å². The van der Waals surface area contributed by atoms with Gasteiger partial charge < -0.3 is 5.73 Å². The molecule has 2 atom stereocenters. The molecule has 0 radical (unpaired) electrons. The molecular weight excluding hydrogens is 210 g/mol. The van der Waals surface area contributed by atoms with Crippen molar-refractivity contribution in [3.05, 3.63) is 0 Å². The molecule has 2 N–H and O–H groups in total. The molecule has 17 heavy (non-hydrogen) atoms. The van der Waals surface area contributed by atoms with Gasteiger partial charge in [-0.2, -0.15) is 0 Å². The Morgan fingerprint density at radius 3 is 2.24 bits per heavy atom. The number of hydrogen-bond donors (Lipinski definition) is 1. The van der Waals surface area contributed by atoms with E-state index >= 15 is 0 Å². The summed E-state index contributed by atoms with van der Waals surface area (Å²) in [6, 6.07) is 1.45. The van der Waals surface area contributed by atoms with Crippen molar-refractivity contribution in [2.45, 2.75) is 58.5 Å². The smallest absolute Gasteiger partial charge is 0.0112 e. The van der Waals surface area contributed by atoms with Crippen molar-refractivity contribution < 1.29 is 0 Å². The third-order valence-electron chi connectivity index (χ3n) is 4.27. The first-order valence-electron chi connectivity index (χ1n) is 7.41. The number of nitrogens with two attached hydrogens (primary N) is 1. The maximum Gasteiger partial charge on any atom is 0.0112 e. The fourth-order valence-electron chi connectivity index (χ4n) is 2.86. The molecule has 3 nitrogen and oxygen atoms in total. The van der Waals surface area contributed by atoms with Crippen LogP contribution in [0.5, 0.6) is 0 Å². The molecule has 0 amide bonds. The summed E-state index contributed by atoms with van der Waals surface area (Å²) in [5.74, 6) is 0. The maximum atomic E-state index is 5.71. The maximum absolute atomic E-state index is 5.71. The van der Waals surface area contributed by atoms with Crippen molar-refractivity contribution in [2.75, 3.05) is 32.7 Å². The zero-order chi connectivity index (χ0) is 12.7. The van der Waals surface area contributed by atoms with Gasteiger partial charge in [0.15, 0.2) is 0 Å². The van der Waals surface area contributed by atoms with E-state index in [1.165, 1.54) is 45.4 Å². The van der Waals surface area contributed by atoms with E-state index in [0.717, 1.165) is 19.0 Å². The first-order chi connectivity index (χ1) is 8.22. The molecule has 3 heteroatoms. The standard InChI is InChI=1S/C14H31N3/c1-4-13(3)16-9-6-10-17(12-11-16)14(5-2)7-8-15/h13-14H,4-12,15H2,1-3H3. The predicted octanol–water partition coefficient (Wildman–Crippen LogP) is 1.92. The Balaban J connectivity index is 2.45. The van der Waals surface area contributed by atoms with Gasteiger partial charge in [-0.15, -0.1) is 0 Å². The van der Waals surface area contributed by atoms with Crippen LogP contribution in [0.25, 0.3) is 0 Å². The second-order valence-corrected chi connectivity index (χ2v) is 5.32. The first kappa shape index (κ1) is 14.9. The topological polar surface area (TPSA) is 32.5 Å². The van der Waals surface area contributed by atoms with E-state index in [0.29, 0.717) is 6.04 Å². The lowest BCUT2D eigenvalue weighted by atomic mass is 10.1. The molecule has 0 spiro atoms. The zero-order valence-corrected chi connectivity index (χ0v) is 12.0. The second-order valence-electron chi connectivity index (χ2n) is 5.32. The lowest BCUT2D eigenvalue weighted by Crippen LogP contribution is -2.40. The minimum atomic E-state index is 0.705. The van der Waals surface area contributed by atoms with Gasteiger partial charge in [-0.05, 0) is 52.2 Å². The summed E-state index contributed by atoms with van der Waals surface area (Å²) in [5, 5.41) is 0. The van der Waals surface area contributed by atoms with Crippen molar-refractivity contribution >= 4 is 0 Å². The van der Waals surface area contributed by atoms with Crippen LogP contribution < -0.4 is 5.73 Å². The van der Waals surface area contributed by atoms with Crippen LogP contribution >= 0.6 is 0 Å². The Morgan fingerprint density at radius 1 is 1.00 bits per heavy atom. The quantitative estimate of drug-likeness (QED) is 0.771. The summed E-state index contributed by atoms with van der Waals surface area (Å²) >= 11 is 0. The highest BCUT2D eigenvalue weighted by atomic mass is 15.2. The molecule has 0 saturated carbocycles. The molecule has 0 aliphatic carbocycles. The Kier molecular flexibility index (Phi) is 7.09. The van der Waals surface area contributed by atoms with E-state index in [9.17, 15) is 0 Å². The number of nitrogens with zero attached hydrogens (tertiary/aromatic N) is 2.